The average Bonchev–Trinajstić information content (AvgIpc) is 2.41. The third-order valence-corrected chi connectivity index (χ3v) is 4.22. The average molecular weight is 270 g/mol. The van der Waals surface area contributed by atoms with Crippen molar-refractivity contribution in [2.24, 2.45) is 0 Å². The number of hydrogen-bond donors (Lipinski definition) is 0. The molecule has 0 unspecified atom stereocenters. The van der Waals surface area contributed by atoms with Crippen LogP contribution in [0.2, 0.25) is 0 Å². The number of carbonyl (C=O) groups is 1. The maximum atomic E-state index is 11.8. The molecule has 0 saturated carbocycles. The Morgan fingerprint density at radius 3 is 2.74 bits per heavy atom. The Morgan fingerprint density at radius 1 is 1.16 bits per heavy atom. The van der Waals surface area contributed by atoms with Crippen LogP contribution in [0.15, 0.2) is 52.3 Å². The summed E-state index contributed by atoms with van der Waals surface area (Å²) in [5, 5.41) is 0. The SMILES string of the molecule is Cc1cc(Sc2ccccc2)c2c(c1)C(=O)OCC2. The molecular formula is C16H14O2S. The first-order chi connectivity index (χ1) is 9.24. The van der Waals surface area contributed by atoms with Crippen LogP contribution in [0.25, 0.3) is 0 Å². The van der Waals surface area contributed by atoms with Crippen molar-refractivity contribution < 1.29 is 9.53 Å². The van der Waals surface area contributed by atoms with Gasteiger partial charge in [0, 0.05) is 16.2 Å². The summed E-state index contributed by atoms with van der Waals surface area (Å²) in [6.07, 6.45) is 0.802. The van der Waals surface area contributed by atoms with E-state index in [9.17, 15) is 4.79 Å². The second-order valence-electron chi connectivity index (χ2n) is 4.59. The van der Waals surface area contributed by atoms with E-state index in [4.69, 9.17) is 4.74 Å². The van der Waals surface area contributed by atoms with Crippen molar-refractivity contribution in [1.29, 1.82) is 0 Å². The van der Waals surface area contributed by atoms with E-state index >= 15 is 0 Å². The summed E-state index contributed by atoms with van der Waals surface area (Å²) < 4.78 is 5.12. The standard InChI is InChI=1S/C16H14O2S/c1-11-9-14-13(7-8-18-16(14)17)15(10-11)19-12-5-3-2-4-6-12/h2-6,9-10H,7-8H2,1H3. The van der Waals surface area contributed by atoms with E-state index in [-0.39, 0.29) is 5.97 Å². The molecule has 0 amide bonds. The summed E-state index contributed by atoms with van der Waals surface area (Å²) in [5.74, 6) is -0.195. The first-order valence-electron chi connectivity index (χ1n) is 6.27. The van der Waals surface area contributed by atoms with E-state index < -0.39 is 0 Å². The minimum atomic E-state index is -0.195. The highest BCUT2D eigenvalue weighted by Crippen LogP contribution is 2.34. The molecule has 0 spiro atoms. The highest BCUT2D eigenvalue weighted by molar-refractivity contribution is 7.99. The third-order valence-electron chi connectivity index (χ3n) is 3.13. The van der Waals surface area contributed by atoms with Gasteiger partial charge < -0.3 is 4.74 Å². The van der Waals surface area contributed by atoms with E-state index in [0.29, 0.717) is 6.61 Å². The van der Waals surface area contributed by atoms with E-state index in [1.165, 1.54) is 4.90 Å². The lowest BCUT2D eigenvalue weighted by Gasteiger charge is -2.19. The predicted molar refractivity (Wildman–Crippen MR) is 75.7 cm³/mol. The van der Waals surface area contributed by atoms with E-state index in [1.54, 1.807) is 11.8 Å². The number of fused-ring (bicyclic) bond motifs is 1. The fraction of sp³-hybridized carbons (Fsp3) is 0.188. The van der Waals surface area contributed by atoms with Gasteiger partial charge in [-0.25, -0.2) is 4.79 Å². The molecule has 0 atom stereocenters. The van der Waals surface area contributed by atoms with Crippen molar-refractivity contribution in [2.45, 2.75) is 23.1 Å². The molecule has 0 aromatic heterocycles. The van der Waals surface area contributed by atoms with Crippen LogP contribution in [0.5, 0.6) is 0 Å². The van der Waals surface area contributed by atoms with Crippen molar-refractivity contribution >= 4 is 17.7 Å². The van der Waals surface area contributed by atoms with Gasteiger partial charge in [0.15, 0.2) is 0 Å². The number of aryl methyl sites for hydroxylation is 1. The lowest BCUT2D eigenvalue weighted by molar-refractivity contribution is 0.0478. The maximum Gasteiger partial charge on any atom is 0.338 e. The number of carbonyl (C=O) groups excluding carboxylic acids is 1. The van der Waals surface area contributed by atoms with Crippen LogP contribution in [0, 0.1) is 6.92 Å². The molecule has 1 heterocycles. The van der Waals surface area contributed by atoms with E-state index in [0.717, 1.165) is 28.0 Å². The van der Waals surface area contributed by atoms with Crippen molar-refractivity contribution in [2.75, 3.05) is 6.61 Å². The summed E-state index contributed by atoms with van der Waals surface area (Å²) in [4.78, 5) is 14.2. The maximum absolute atomic E-state index is 11.8. The van der Waals surface area contributed by atoms with Gasteiger partial charge in [0.2, 0.25) is 0 Å². The van der Waals surface area contributed by atoms with Crippen molar-refractivity contribution in [3.63, 3.8) is 0 Å². The van der Waals surface area contributed by atoms with Crippen LogP contribution in [-0.2, 0) is 11.2 Å². The molecule has 0 saturated heterocycles. The van der Waals surface area contributed by atoms with E-state index in [1.807, 2.05) is 31.2 Å². The Balaban J connectivity index is 2.04. The summed E-state index contributed by atoms with van der Waals surface area (Å²) >= 11 is 1.71. The molecule has 2 nitrogen and oxygen atoms in total. The predicted octanol–water partition coefficient (Wildman–Crippen LogP) is 3.86. The topological polar surface area (TPSA) is 26.3 Å². The summed E-state index contributed by atoms with van der Waals surface area (Å²) in [6.45, 7) is 2.49. The Morgan fingerprint density at radius 2 is 1.95 bits per heavy atom. The zero-order valence-corrected chi connectivity index (χ0v) is 11.5. The quantitative estimate of drug-likeness (QED) is 0.775. The van der Waals surface area contributed by atoms with Crippen molar-refractivity contribution in [1.82, 2.24) is 0 Å². The molecule has 1 aliphatic rings. The summed E-state index contributed by atoms with van der Waals surface area (Å²) in [5.41, 5.74) is 2.94. The molecule has 2 aromatic carbocycles. The summed E-state index contributed by atoms with van der Waals surface area (Å²) in [6, 6.07) is 14.3. The Bertz CT molecular complexity index is 620. The summed E-state index contributed by atoms with van der Waals surface area (Å²) in [7, 11) is 0. The van der Waals surface area contributed by atoms with Gasteiger partial charge in [0.25, 0.3) is 0 Å². The highest BCUT2D eigenvalue weighted by atomic mass is 32.2. The first-order valence-corrected chi connectivity index (χ1v) is 7.09. The second-order valence-corrected chi connectivity index (χ2v) is 5.71. The minimum absolute atomic E-state index is 0.195. The van der Waals surface area contributed by atoms with Gasteiger partial charge in [-0.15, -0.1) is 0 Å². The van der Waals surface area contributed by atoms with Crippen LogP contribution >= 0.6 is 11.8 Å². The van der Waals surface area contributed by atoms with Gasteiger partial charge in [-0.1, -0.05) is 30.0 Å². The van der Waals surface area contributed by atoms with Gasteiger partial charge in [-0.05, 0) is 42.3 Å². The van der Waals surface area contributed by atoms with Crippen molar-refractivity contribution in [3.05, 3.63) is 59.2 Å². The number of benzene rings is 2. The molecular weight excluding hydrogens is 256 g/mol. The number of rotatable bonds is 2. The monoisotopic (exact) mass is 270 g/mol. The number of ether oxygens (including phenoxy) is 1. The van der Waals surface area contributed by atoms with Crippen LogP contribution in [0.1, 0.15) is 21.5 Å². The van der Waals surface area contributed by atoms with Crippen molar-refractivity contribution in [3.8, 4) is 0 Å². The Kier molecular flexibility index (Phi) is 3.30. The molecule has 19 heavy (non-hydrogen) atoms. The molecule has 0 bridgehead atoms. The molecule has 0 N–H and O–H groups in total. The van der Waals surface area contributed by atoms with Gasteiger partial charge in [0.1, 0.15) is 0 Å². The van der Waals surface area contributed by atoms with Crippen LogP contribution in [-0.4, -0.2) is 12.6 Å². The minimum Gasteiger partial charge on any atom is -0.462 e. The number of hydrogen-bond acceptors (Lipinski definition) is 3. The second kappa shape index (κ2) is 5.10. The van der Waals surface area contributed by atoms with Crippen LogP contribution in [0.4, 0.5) is 0 Å². The van der Waals surface area contributed by atoms with Gasteiger partial charge >= 0.3 is 5.97 Å². The Labute approximate surface area is 116 Å². The fourth-order valence-corrected chi connectivity index (χ4v) is 3.38. The number of cyclic esters (lactones) is 1. The largest absolute Gasteiger partial charge is 0.462 e. The van der Waals surface area contributed by atoms with Gasteiger partial charge in [0.05, 0.1) is 12.2 Å². The van der Waals surface area contributed by atoms with Crippen LogP contribution in [0.3, 0.4) is 0 Å². The zero-order valence-electron chi connectivity index (χ0n) is 10.7. The highest BCUT2D eigenvalue weighted by Gasteiger charge is 2.22. The lowest BCUT2D eigenvalue weighted by atomic mass is 10.0. The lowest BCUT2D eigenvalue weighted by Crippen LogP contribution is -2.18. The molecule has 0 radical (unpaired) electrons. The van der Waals surface area contributed by atoms with E-state index in [2.05, 4.69) is 18.2 Å². The molecule has 3 heteroatoms. The normalized spacial score (nSPS) is 13.8. The fourth-order valence-electron chi connectivity index (χ4n) is 2.25. The smallest absolute Gasteiger partial charge is 0.338 e. The first kappa shape index (κ1) is 12.3. The van der Waals surface area contributed by atoms with Crippen LogP contribution < -0.4 is 0 Å². The number of esters is 1. The Hall–Kier alpha value is -1.74. The molecule has 1 aliphatic heterocycles. The van der Waals surface area contributed by atoms with Gasteiger partial charge in [-0.2, -0.15) is 0 Å². The molecule has 96 valence electrons. The molecule has 3 rings (SSSR count). The third kappa shape index (κ3) is 2.51. The zero-order chi connectivity index (χ0) is 13.2. The molecule has 2 aromatic rings. The molecule has 0 fully saturated rings. The van der Waals surface area contributed by atoms with Gasteiger partial charge in [-0.3, -0.25) is 0 Å². The molecule has 0 aliphatic carbocycles.